The Morgan fingerprint density at radius 2 is 2.06 bits per heavy atom. The van der Waals surface area contributed by atoms with Crippen LogP contribution in [0.4, 0.5) is 0 Å². The van der Waals surface area contributed by atoms with Gasteiger partial charge in [0.05, 0.1) is 6.61 Å². The molecule has 0 aliphatic rings. The monoisotopic (exact) mass is 246 g/mol. The number of rotatable bonds is 7. The van der Waals surface area contributed by atoms with E-state index in [0.29, 0.717) is 12.8 Å². The minimum atomic E-state index is -1.32. The van der Waals surface area contributed by atoms with Gasteiger partial charge >= 0.3 is 5.97 Å². The lowest BCUT2D eigenvalue weighted by Crippen LogP contribution is -2.55. The molecule has 4 N–H and O–H groups in total. The van der Waals surface area contributed by atoms with Gasteiger partial charge < -0.3 is 20.9 Å². The van der Waals surface area contributed by atoms with Gasteiger partial charge in [-0.3, -0.25) is 4.79 Å². The highest BCUT2D eigenvalue weighted by atomic mass is 16.5. The smallest absolute Gasteiger partial charge is 0.332 e. The van der Waals surface area contributed by atoms with Crippen molar-refractivity contribution in [3.63, 3.8) is 0 Å². The largest absolute Gasteiger partial charge is 0.464 e. The van der Waals surface area contributed by atoms with Crippen molar-refractivity contribution < 1.29 is 19.4 Å². The summed E-state index contributed by atoms with van der Waals surface area (Å²) in [5.41, 5.74) is 4.90. The fourth-order valence-corrected chi connectivity index (χ4v) is 1.29. The van der Waals surface area contributed by atoms with Crippen LogP contribution in [0.1, 0.15) is 33.6 Å². The first-order valence-electron chi connectivity index (χ1n) is 5.75. The van der Waals surface area contributed by atoms with Gasteiger partial charge in [-0.15, -0.1) is 0 Å². The standard InChI is InChI=1S/C11H22N2O4/c1-4-11(3,6-7-14)13-9(15)8(12)10(16)17-5-2/h8,14H,4-7,12H2,1-3H3,(H,13,15). The van der Waals surface area contributed by atoms with E-state index < -0.39 is 23.5 Å². The Labute approximate surface area is 102 Å². The summed E-state index contributed by atoms with van der Waals surface area (Å²) in [4.78, 5) is 22.9. The summed E-state index contributed by atoms with van der Waals surface area (Å²) in [6.45, 7) is 5.45. The van der Waals surface area contributed by atoms with Crippen LogP contribution in [0.3, 0.4) is 0 Å². The summed E-state index contributed by atoms with van der Waals surface area (Å²) in [5.74, 6) is -1.33. The molecule has 0 radical (unpaired) electrons. The lowest BCUT2D eigenvalue weighted by Gasteiger charge is -2.29. The molecule has 0 fully saturated rings. The fraction of sp³-hybridized carbons (Fsp3) is 0.818. The van der Waals surface area contributed by atoms with Crippen LogP contribution >= 0.6 is 0 Å². The van der Waals surface area contributed by atoms with Crippen LogP contribution in [-0.2, 0) is 14.3 Å². The number of hydrogen-bond acceptors (Lipinski definition) is 5. The van der Waals surface area contributed by atoms with E-state index in [9.17, 15) is 9.59 Å². The van der Waals surface area contributed by atoms with Crippen molar-refractivity contribution in [2.45, 2.75) is 45.2 Å². The number of aliphatic hydroxyl groups is 1. The molecule has 0 aliphatic carbocycles. The molecule has 0 rings (SSSR count). The molecule has 0 heterocycles. The Kier molecular flexibility index (Phi) is 6.75. The molecule has 100 valence electrons. The number of carbonyl (C=O) groups is 2. The van der Waals surface area contributed by atoms with Crippen LogP contribution in [-0.4, -0.2) is 41.8 Å². The van der Waals surface area contributed by atoms with E-state index in [2.05, 4.69) is 10.1 Å². The Balaban J connectivity index is 4.45. The Morgan fingerprint density at radius 1 is 1.47 bits per heavy atom. The van der Waals surface area contributed by atoms with Gasteiger partial charge in [0.2, 0.25) is 5.91 Å². The maximum absolute atomic E-state index is 11.7. The molecule has 2 atom stereocenters. The van der Waals surface area contributed by atoms with Crippen LogP contribution in [0.15, 0.2) is 0 Å². The highest BCUT2D eigenvalue weighted by molar-refractivity contribution is 6.01. The van der Waals surface area contributed by atoms with Crippen LogP contribution in [0.5, 0.6) is 0 Å². The minimum absolute atomic E-state index is 0.0424. The van der Waals surface area contributed by atoms with E-state index in [1.807, 2.05) is 6.92 Å². The van der Waals surface area contributed by atoms with Crippen LogP contribution < -0.4 is 11.1 Å². The van der Waals surface area contributed by atoms with Gasteiger partial charge in [-0.2, -0.15) is 0 Å². The molecule has 0 bridgehead atoms. The maximum atomic E-state index is 11.7. The van der Waals surface area contributed by atoms with E-state index >= 15 is 0 Å². The van der Waals surface area contributed by atoms with Gasteiger partial charge in [-0.25, -0.2) is 4.79 Å². The third-order valence-corrected chi connectivity index (χ3v) is 2.69. The van der Waals surface area contributed by atoms with E-state index in [4.69, 9.17) is 10.8 Å². The average Bonchev–Trinajstić information content (AvgIpc) is 2.28. The highest BCUT2D eigenvalue weighted by Gasteiger charge is 2.30. The van der Waals surface area contributed by atoms with E-state index in [1.54, 1.807) is 13.8 Å². The SMILES string of the molecule is CCOC(=O)C(N)C(=O)NC(C)(CC)CCO. The molecule has 0 saturated heterocycles. The Morgan fingerprint density at radius 3 is 2.47 bits per heavy atom. The summed E-state index contributed by atoms with van der Waals surface area (Å²) in [5, 5.41) is 11.6. The summed E-state index contributed by atoms with van der Waals surface area (Å²) in [6, 6.07) is -1.32. The van der Waals surface area contributed by atoms with Crippen molar-refractivity contribution in [3.05, 3.63) is 0 Å². The number of nitrogens with one attached hydrogen (secondary N) is 1. The fourth-order valence-electron chi connectivity index (χ4n) is 1.29. The molecule has 6 nitrogen and oxygen atoms in total. The number of carbonyl (C=O) groups excluding carboxylic acids is 2. The first kappa shape index (κ1) is 15.9. The predicted octanol–water partition coefficient (Wildman–Crippen LogP) is -0.456. The van der Waals surface area contributed by atoms with Gasteiger partial charge in [0.1, 0.15) is 0 Å². The Bertz CT molecular complexity index is 270. The van der Waals surface area contributed by atoms with Gasteiger partial charge in [0.15, 0.2) is 6.04 Å². The van der Waals surface area contributed by atoms with Crippen molar-refractivity contribution in [2.24, 2.45) is 5.73 Å². The molecule has 1 amide bonds. The van der Waals surface area contributed by atoms with Gasteiger partial charge in [-0.05, 0) is 26.7 Å². The second kappa shape index (κ2) is 7.24. The molecule has 6 heteroatoms. The van der Waals surface area contributed by atoms with Crippen LogP contribution in [0.25, 0.3) is 0 Å². The number of amides is 1. The summed E-state index contributed by atoms with van der Waals surface area (Å²) in [7, 11) is 0. The van der Waals surface area contributed by atoms with Crippen molar-refractivity contribution in [3.8, 4) is 0 Å². The maximum Gasteiger partial charge on any atom is 0.332 e. The second-order valence-corrected chi connectivity index (χ2v) is 4.11. The molecule has 17 heavy (non-hydrogen) atoms. The van der Waals surface area contributed by atoms with Gasteiger partial charge in [-0.1, -0.05) is 6.92 Å². The van der Waals surface area contributed by atoms with E-state index in [-0.39, 0.29) is 13.2 Å². The van der Waals surface area contributed by atoms with Crippen LogP contribution in [0, 0.1) is 0 Å². The third kappa shape index (κ3) is 5.14. The predicted molar refractivity (Wildman–Crippen MR) is 63.1 cm³/mol. The van der Waals surface area contributed by atoms with E-state index in [1.165, 1.54) is 0 Å². The first-order chi connectivity index (χ1) is 7.90. The van der Waals surface area contributed by atoms with Gasteiger partial charge in [0.25, 0.3) is 0 Å². The Hall–Kier alpha value is -1.14. The number of aliphatic hydroxyl groups excluding tert-OH is 1. The van der Waals surface area contributed by atoms with Crippen LogP contribution in [0.2, 0.25) is 0 Å². The zero-order valence-corrected chi connectivity index (χ0v) is 10.7. The van der Waals surface area contributed by atoms with E-state index in [0.717, 1.165) is 0 Å². The average molecular weight is 246 g/mol. The van der Waals surface area contributed by atoms with Crippen molar-refractivity contribution in [2.75, 3.05) is 13.2 Å². The highest BCUT2D eigenvalue weighted by Crippen LogP contribution is 2.13. The summed E-state index contributed by atoms with van der Waals surface area (Å²) in [6.07, 6.45) is 1.04. The van der Waals surface area contributed by atoms with Crippen molar-refractivity contribution in [1.29, 1.82) is 0 Å². The summed E-state index contributed by atoms with van der Waals surface area (Å²) >= 11 is 0. The minimum Gasteiger partial charge on any atom is -0.464 e. The van der Waals surface area contributed by atoms with Gasteiger partial charge in [0, 0.05) is 12.1 Å². The lowest BCUT2D eigenvalue weighted by atomic mass is 9.94. The second-order valence-electron chi connectivity index (χ2n) is 4.11. The molecular formula is C11H22N2O4. The lowest BCUT2D eigenvalue weighted by molar-refractivity contribution is -0.148. The van der Waals surface area contributed by atoms with Crippen molar-refractivity contribution >= 4 is 11.9 Å². The topological polar surface area (TPSA) is 102 Å². The number of esters is 1. The number of hydrogen-bond donors (Lipinski definition) is 3. The first-order valence-corrected chi connectivity index (χ1v) is 5.75. The molecule has 0 aromatic heterocycles. The molecule has 0 spiro atoms. The summed E-state index contributed by atoms with van der Waals surface area (Å²) < 4.78 is 4.66. The molecular weight excluding hydrogens is 224 g/mol. The van der Waals surface area contributed by atoms with Crippen molar-refractivity contribution in [1.82, 2.24) is 5.32 Å². The number of nitrogens with two attached hydrogens (primary N) is 1. The third-order valence-electron chi connectivity index (χ3n) is 2.69. The molecule has 0 aromatic carbocycles. The molecule has 0 saturated carbocycles. The molecule has 0 aromatic rings. The molecule has 0 aliphatic heterocycles. The number of ether oxygens (including phenoxy) is 1. The quantitative estimate of drug-likeness (QED) is 0.417. The zero-order chi connectivity index (χ0) is 13.5. The zero-order valence-electron chi connectivity index (χ0n) is 10.7. The molecule has 2 unspecified atom stereocenters. The normalized spacial score (nSPS) is 15.8.